The Kier molecular flexibility index (Phi) is 3.45. The van der Waals surface area contributed by atoms with E-state index in [4.69, 9.17) is 5.11 Å². The van der Waals surface area contributed by atoms with Gasteiger partial charge in [-0.25, -0.2) is 4.98 Å². The van der Waals surface area contributed by atoms with E-state index in [-0.39, 0.29) is 0 Å². The second-order valence-electron chi connectivity index (χ2n) is 3.07. The first-order chi connectivity index (χ1) is 6.65. The molecule has 0 saturated carbocycles. The molecule has 1 aromatic rings. The maximum Gasteiger partial charge on any atom is 0.310 e. The molecule has 0 aliphatic carbocycles. The Hall–Kier alpha value is -1.58. The Labute approximate surface area is 82.9 Å². The topological polar surface area (TPSA) is 55.1 Å². The summed E-state index contributed by atoms with van der Waals surface area (Å²) in [4.78, 5) is 14.7. The first kappa shape index (κ1) is 10.5. The van der Waals surface area contributed by atoms with Crippen molar-refractivity contribution in [1.82, 2.24) is 9.55 Å². The molecule has 1 heterocycles. The van der Waals surface area contributed by atoms with Gasteiger partial charge in [-0.1, -0.05) is 13.0 Å². The monoisotopic (exact) mass is 194 g/mol. The largest absolute Gasteiger partial charge is 0.481 e. The molecular weight excluding hydrogens is 180 g/mol. The third kappa shape index (κ3) is 2.45. The van der Waals surface area contributed by atoms with E-state index >= 15 is 0 Å². The molecule has 1 N–H and O–H groups in total. The number of nitrogens with zero attached hydrogens (tertiary/aromatic N) is 2. The number of aromatic nitrogens is 2. The summed E-state index contributed by atoms with van der Waals surface area (Å²) < 4.78 is 1.83. The summed E-state index contributed by atoms with van der Waals surface area (Å²) in [6.07, 6.45) is 7.73. The Morgan fingerprint density at radius 1 is 1.79 bits per heavy atom. The van der Waals surface area contributed by atoms with E-state index in [0.717, 1.165) is 12.2 Å². The highest BCUT2D eigenvalue weighted by molar-refractivity contribution is 5.72. The maximum atomic E-state index is 10.5. The van der Waals surface area contributed by atoms with Crippen molar-refractivity contribution in [3.8, 4) is 0 Å². The van der Waals surface area contributed by atoms with E-state index in [1.54, 1.807) is 25.4 Å². The van der Waals surface area contributed by atoms with E-state index in [1.165, 1.54) is 0 Å². The SMILES string of the molecule is CCc1nccn1/C=C\C(C)C(=O)O. The second-order valence-corrected chi connectivity index (χ2v) is 3.07. The zero-order valence-electron chi connectivity index (χ0n) is 8.34. The standard InChI is InChI=1S/C10H14N2O2/c1-3-9-11-5-7-12(9)6-4-8(2)10(13)14/h4-8H,3H2,1-2H3,(H,13,14)/b6-4-. The Bertz CT molecular complexity index is 342. The van der Waals surface area contributed by atoms with Crippen molar-refractivity contribution >= 4 is 12.2 Å². The van der Waals surface area contributed by atoms with Crippen molar-refractivity contribution in [1.29, 1.82) is 0 Å². The van der Waals surface area contributed by atoms with Crippen LogP contribution in [0.25, 0.3) is 6.20 Å². The minimum atomic E-state index is -0.820. The molecule has 0 aliphatic heterocycles. The molecule has 4 heteroatoms. The first-order valence-corrected chi connectivity index (χ1v) is 4.58. The number of aryl methyl sites for hydroxylation is 1. The van der Waals surface area contributed by atoms with Gasteiger partial charge >= 0.3 is 5.97 Å². The van der Waals surface area contributed by atoms with Crippen molar-refractivity contribution in [2.24, 2.45) is 5.92 Å². The Morgan fingerprint density at radius 2 is 2.50 bits per heavy atom. The molecule has 4 nitrogen and oxygen atoms in total. The van der Waals surface area contributed by atoms with Crippen molar-refractivity contribution in [2.45, 2.75) is 20.3 Å². The smallest absolute Gasteiger partial charge is 0.310 e. The molecule has 1 aromatic heterocycles. The Morgan fingerprint density at radius 3 is 3.07 bits per heavy atom. The van der Waals surface area contributed by atoms with Gasteiger partial charge in [0.25, 0.3) is 0 Å². The van der Waals surface area contributed by atoms with Crippen LogP contribution in [-0.4, -0.2) is 20.6 Å². The summed E-state index contributed by atoms with van der Waals surface area (Å²) in [6.45, 7) is 3.65. The molecule has 1 atom stereocenters. The van der Waals surface area contributed by atoms with Crippen LogP contribution in [0, 0.1) is 5.92 Å². The van der Waals surface area contributed by atoms with Crippen molar-refractivity contribution in [3.63, 3.8) is 0 Å². The van der Waals surface area contributed by atoms with Crippen molar-refractivity contribution in [3.05, 3.63) is 24.3 Å². The quantitative estimate of drug-likeness (QED) is 0.792. The van der Waals surface area contributed by atoms with E-state index in [0.29, 0.717) is 0 Å². The van der Waals surface area contributed by atoms with Crippen LogP contribution < -0.4 is 0 Å². The van der Waals surface area contributed by atoms with E-state index < -0.39 is 11.9 Å². The zero-order chi connectivity index (χ0) is 10.6. The number of carbonyl (C=O) groups is 1. The minimum absolute atomic E-state index is 0.470. The molecule has 1 unspecified atom stereocenters. The van der Waals surface area contributed by atoms with Gasteiger partial charge in [-0.05, 0) is 6.92 Å². The van der Waals surface area contributed by atoms with Gasteiger partial charge in [-0.3, -0.25) is 4.79 Å². The summed E-state index contributed by atoms with van der Waals surface area (Å²) in [7, 11) is 0. The zero-order valence-corrected chi connectivity index (χ0v) is 8.34. The highest BCUT2D eigenvalue weighted by Gasteiger charge is 2.05. The van der Waals surface area contributed by atoms with Crippen LogP contribution in [0.15, 0.2) is 18.5 Å². The lowest BCUT2D eigenvalue weighted by Crippen LogP contribution is -2.06. The van der Waals surface area contributed by atoms with Gasteiger partial charge in [0, 0.05) is 25.0 Å². The van der Waals surface area contributed by atoms with Gasteiger partial charge in [0.1, 0.15) is 5.82 Å². The van der Waals surface area contributed by atoms with E-state index in [2.05, 4.69) is 4.98 Å². The van der Waals surface area contributed by atoms with Gasteiger partial charge in [-0.2, -0.15) is 0 Å². The molecular formula is C10H14N2O2. The van der Waals surface area contributed by atoms with Gasteiger partial charge in [-0.15, -0.1) is 0 Å². The van der Waals surface area contributed by atoms with E-state index in [9.17, 15) is 4.79 Å². The maximum absolute atomic E-state index is 10.5. The number of carboxylic acids is 1. The van der Waals surface area contributed by atoms with Crippen LogP contribution in [-0.2, 0) is 11.2 Å². The van der Waals surface area contributed by atoms with E-state index in [1.807, 2.05) is 17.7 Å². The Balaban J connectivity index is 2.73. The molecule has 0 aliphatic rings. The van der Waals surface area contributed by atoms with Crippen molar-refractivity contribution in [2.75, 3.05) is 0 Å². The fraction of sp³-hybridized carbons (Fsp3) is 0.400. The summed E-state index contributed by atoms with van der Waals surface area (Å²) in [5, 5.41) is 8.66. The third-order valence-corrected chi connectivity index (χ3v) is 1.99. The fourth-order valence-corrected chi connectivity index (χ4v) is 1.06. The summed E-state index contributed by atoms with van der Waals surface area (Å²) in [6, 6.07) is 0. The molecule has 0 bridgehead atoms. The predicted octanol–water partition coefficient (Wildman–Crippen LogP) is 1.64. The van der Waals surface area contributed by atoms with Gasteiger partial charge in [0.2, 0.25) is 0 Å². The van der Waals surface area contributed by atoms with Crippen LogP contribution in [0.5, 0.6) is 0 Å². The molecule has 0 aromatic carbocycles. The molecule has 0 spiro atoms. The lowest BCUT2D eigenvalue weighted by molar-refractivity contribution is -0.139. The molecule has 0 amide bonds. The van der Waals surface area contributed by atoms with Gasteiger partial charge < -0.3 is 9.67 Å². The third-order valence-electron chi connectivity index (χ3n) is 1.99. The number of hydrogen-bond donors (Lipinski definition) is 1. The molecule has 0 radical (unpaired) electrons. The van der Waals surface area contributed by atoms with Crippen molar-refractivity contribution < 1.29 is 9.90 Å². The summed E-state index contributed by atoms with van der Waals surface area (Å²) in [5.74, 6) is -0.361. The van der Waals surface area contributed by atoms with Crippen LogP contribution >= 0.6 is 0 Å². The average molecular weight is 194 g/mol. The number of imidazole rings is 1. The summed E-state index contributed by atoms with van der Waals surface area (Å²) >= 11 is 0. The molecule has 0 saturated heterocycles. The lowest BCUT2D eigenvalue weighted by atomic mass is 10.2. The molecule has 0 fully saturated rings. The van der Waals surface area contributed by atoms with Gasteiger partial charge in [0.05, 0.1) is 5.92 Å². The molecule has 76 valence electrons. The average Bonchev–Trinajstić information content (AvgIpc) is 2.60. The minimum Gasteiger partial charge on any atom is -0.481 e. The normalized spacial score (nSPS) is 13.3. The fourth-order valence-electron chi connectivity index (χ4n) is 1.06. The van der Waals surface area contributed by atoms with Crippen LogP contribution in [0.4, 0.5) is 0 Å². The van der Waals surface area contributed by atoms with Crippen LogP contribution in [0.1, 0.15) is 19.7 Å². The highest BCUT2D eigenvalue weighted by atomic mass is 16.4. The highest BCUT2D eigenvalue weighted by Crippen LogP contribution is 2.03. The van der Waals surface area contributed by atoms with Crippen LogP contribution in [0.3, 0.4) is 0 Å². The number of carboxylic acid groups (broad SMARTS) is 1. The second kappa shape index (κ2) is 4.60. The number of hydrogen-bond acceptors (Lipinski definition) is 2. The van der Waals surface area contributed by atoms with Crippen LogP contribution in [0.2, 0.25) is 0 Å². The van der Waals surface area contributed by atoms with Gasteiger partial charge in [0.15, 0.2) is 0 Å². The predicted molar refractivity (Wildman–Crippen MR) is 53.7 cm³/mol. The first-order valence-electron chi connectivity index (χ1n) is 4.58. The molecule has 1 rings (SSSR count). The molecule has 14 heavy (non-hydrogen) atoms. The summed E-state index contributed by atoms with van der Waals surface area (Å²) in [5.41, 5.74) is 0. The number of rotatable bonds is 4. The number of aliphatic carboxylic acids is 1. The lowest BCUT2D eigenvalue weighted by Gasteiger charge is -2.00.